The van der Waals surface area contributed by atoms with Crippen LogP contribution in [0, 0.1) is 5.82 Å². The number of nitrogens with zero attached hydrogens (tertiary/aromatic N) is 5. The number of benzene rings is 3. The maximum atomic E-state index is 14.8. The summed E-state index contributed by atoms with van der Waals surface area (Å²) in [4.78, 5) is 28.8. The second-order valence-corrected chi connectivity index (χ2v) is 7.85. The van der Waals surface area contributed by atoms with Crippen LogP contribution in [0.4, 0.5) is 10.1 Å². The van der Waals surface area contributed by atoms with Crippen LogP contribution < -0.4 is 10.2 Å². The highest BCUT2D eigenvalue weighted by atomic mass is 35.5. The number of nitrogens with one attached hydrogen (secondary N) is 1. The lowest BCUT2D eigenvalue weighted by Crippen LogP contribution is -2.41. The maximum Gasteiger partial charge on any atom is 0.253 e. The molecule has 0 aliphatic rings. The number of anilines is 1. The van der Waals surface area contributed by atoms with E-state index in [1.165, 1.54) is 29.4 Å². The normalized spacial score (nSPS) is 11.9. The molecule has 0 saturated carbocycles. The Bertz CT molecular complexity index is 1350. The molecule has 0 spiro atoms. The molecule has 1 aromatic heterocycles. The molecule has 176 valence electrons. The Morgan fingerprint density at radius 2 is 1.74 bits per heavy atom. The van der Waals surface area contributed by atoms with E-state index >= 15 is 0 Å². The van der Waals surface area contributed by atoms with Gasteiger partial charge in [-0.15, -0.1) is 15.0 Å². The minimum Gasteiger partial charge on any atom is -0.337 e. The van der Waals surface area contributed by atoms with Crippen molar-refractivity contribution in [1.82, 2.24) is 25.5 Å². The Balaban J connectivity index is 1.61. The smallest absolute Gasteiger partial charge is 0.253 e. The molecule has 0 aliphatic carbocycles. The molecule has 4 rings (SSSR count). The first-order chi connectivity index (χ1) is 17.0. The molecule has 0 radical (unpaired) electrons. The van der Waals surface area contributed by atoms with Gasteiger partial charge in [0.15, 0.2) is 12.1 Å². The predicted molar refractivity (Wildman–Crippen MR) is 130 cm³/mol. The number of carbonyl (C=O) groups excluding carboxylic acids is 2. The minimum atomic E-state index is -0.973. The van der Waals surface area contributed by atoms with E-state index in [9.17, 15) is 14.0 Å². The second-order valence-electron chi connectivity index (χ2n) is 7.44. The van der Waals surface area contributed by atoms with Crippen molar-refractivity contribution in [1.29, 1.82) is 0 Å². The Morgan fingerprint density at radius 1 is 1.06 bits per heavy atom. The fourth-order valence-corrected chi connectivity index (χ4v) is 3.59. The van der Waals surface area contributed by atoms with Gasteiger partial charge in [0.2, 0.25) is 5.91 Å². The van der Waals surface area contributed by atoms with Crippen LogP contribution in [0.5, 0.6) is 0 Å². The van der Waals surface area contributed by atoms with Crippen LogP contribution in [0.25, 0.3) is 11.8 Å². The molecule has 10 heteroatoms. The van der Waals surface area contributed by atoms with Gasteiger partial charge in [0.25, 0.3) is 5.91 Å². The summed E-state index contributed by atoms with van der Waals surface area (Å²) in [7, 11) is 1.63. The number of hydrogen-bond acceptors (Lipinski definition) is 5. The number of para-hydroxylation sites is 1. The fourth-order valence-electron chi connectivity index (χ4n) is 3.42. The van der Waals surface area contributed by atoms with Crippen molar-refractivity contribution in [2.45, 2.75) is 6.04 Å². The van der Waals surface area contributed by atoms with E-state index < -0.39 is 17.8 Å². The fraction of sp³-hybridized carbons (Fsp3) is 0.0800. The van der Waals surface area contributed by atoms with Crippen molar-refractivity contribution < 1.29 is 14.0 Å². The quantitative estimate of drug-likeness (QED) is 0.395. The van der Waals surface area contributed by atoms with Crippen LogP contribution in [-0.2, 0) is 9.59 Å². The van der Waals surface area contributed by atoms with Crippen LogP contribution in [0.15, 0.2) is 85.2 Å². The summed E-state index contributed by atoms with van der Waals surface area (Å²) in [6.07, 6.45) is 3.58. The van der Waals surface area contributed by atoms with E-state index in [-0.39, 0.29) is 22.2 Å². The van der Waals surface area contributed by atoms with Gasteiger partial charge in [-0.1, -0.05) is 60.1 Å². The predicted octanol–water partition coefficient (Wildman–Crippen LogP) is 3.99. The van der Waals surface area contributed by atoms with E-state index in [0.717, 1.165) is 10.9 Å². The zero-order chi connectivity index (χ0) is 24.8. The molecule has 0 saturated heterocycles. The van der Waals surface area contributed by atoms with Gasteiger partial charge in [-0.05, 0) is 41.1 Å². The number of carbonyl (C=O) groups is 2. The standard InChI is InChI=1S/C25H20ClFN6O2/c1-32(18-10-6-3-7-11-18)25(35)24(17-8-4-2-5-9-17)30-22(34)15-12-19-21(33-29-16-28-31-33)14-13-20(26)23(19)27/h2-16,24H,1H3,(H,30,34)/b15-12+/t24-/m0/s1. The number of hydrogen-bond donors (Lipinski definition) is 1. The molecule has 0 unspecified atom stereocenters. The topological polar surface area (TPSA) is 93.0 Å². The summed E-state index contributed by atoms with van der Waals surface area (Å²) < 4.78 is 14.8. The maximum absolute atomic E-state index is 14.8. The summed E-state index contributed by atoms with van der Waals surface area (Å²) in [5.41, 5.74) is 1.51. The Kier molecular flexibility index (Phi) is 7.27. The second kappa shape index (κ2) is 10.7. The summed E-state index contributed by atoms with van der Waals surface area (Å²) >= 11 is 5.94. The summed E-state index contributed by atoms with van der Waals surface area (Å²) in [5.74, 6) is -1.69. The van der Waals surface area contributed by atoms with E-state index in [1.54, 1.807) is 43.4 Å². The largest absolute Gasteiger partial charge is 0.337 e. The summed E-state index contributed by atoms with van der Waals surface area (Å²) in [6.45, 7) is 0. The van der Waals surface area contributed by atoms with E-state index in [1.807, 2.05) is 24.3 Å². The molecular formula is C25H20ClFN6O2. The minimum absolute atomic E-state index is 0.00496. The molecule has 0 aliphatic heterocycles. The van der Waals surface area contributed by atoms with Gasteiger partial charge in [0.05, 0.1) is 10.7 Å². The molecule has 0 bridgehead atoms. The van der Waals surface area contributed by atoms with Gasteiger partial charge in [-0.3, -0.25) is 9.59 Å². The van der Waals surface area contributed by atoms with Crippen molar-refractivity contribution in [3.05, 3.63) is 107 Å². The van der Waals surface area contributed by atoms with E-state index in [2.05, 4.69) is 20.7 Å². The van der Waals surface area contributed by atoms with Crippen molar-refractivity contribution in [2.75, 3.05) is 11.9 Å². The lowest BCUT2D eigenvalue weighted by Gasteiger charge is -2.24. The van der Waals surface area contributed by atoms with Crippen molar-refractivity contribution in [3.63, 3.8) is 0 Å². The molecule has 35 heavy (non-hydrogen) atoms. The monoisotopic (exact) mass is 490 g/mol. The molecule has 8 nitrogen and oxygen atoms in total. The van der Waals surface area contributed by atoms with Crippen LogP contribution in [0.2, 0.25) is 5.02 Å². The highest BCUT2D eigenvalue weighted by molar-refractivity contribution is 6.31. The van der Waals surface area contributed by atoms with Gasteiger partial charge in [-0.25, -0.2) is 4.39 Å². The first kappa shape index (κ1) is 23.8. The van der Waals surface area contributed by atoms with Gasteiger partial charge >= 0.3 is 0 Å². The third-order valence-corrected chi connectivity index (χ3v) is 5.51. The molecular weight excluding hydrogens is 471 g/mol. The molecule has 2 amide bonds. The van der Waals surface area contributed by atoms with Gasteiger partial charge in [-0.2, -0.15) is 0 Å². The molecule has 0 fully saturated rings. The highest BCUT2D eigenvalue weighted by Crippen LogP contribution is 2.25. The molecule has 1 atom stereocenters. The average Bonchev–Trinajstić information content (AvgIpc) is 3.43. The number of amides is 2. The lowest BCUT2D eigenvalue weighted by atomic mass is 10.0. The Hall–Kier alpha value is -4.37. The molecule has 1 heterocycles. The SMILES string of the molecule is CN(C(=O)[C@@H](NC(=O)/C=C/c1c(-n2ncnn2)ccc(Cl)c1F)c1ccccc1)c1ccccc1. The average molecular weight is 491 g/mol. The van der Waals surface area contributed by atoms with Crippen LogP contribution in [0.3, 0.4) is 0 Å². The van der Waals surface area contributed by atoms with Crippen LogP contribution in [0.1, 0.15) is 17.2 Å². The molecule has 3 aromatic carbocycles. The van der Waals surface area contributed by atoms with Crippen LogP contribution >= 0.6 is 11.6 Å². The molecule has 1 N–H and O–H groups in total. The first-order valence-corrected chi connectivity index (χ1v) is 10.9. The zero-order valence-electron chi connectivity index (χ0n) is 18.5. The van der Waals surface area contributed by atoms with E-state index in [4.69, 9.17) is 11.6 Å². The zero-order valence-corrected chi connectivity index (χ0v) is 19.3. The number of aromatic nitrogens is 4. The highest BCUT2D eigenvalue weighted by Gasteiger charge is 2.26. The van der Waals surface area contributed by atoms with Gasteiger partial charge < -0.3 is 10.2 Å². The van der Waals surface area contributed by atoms with Crippen molar-refractivity contribution in [2.24, 2.45) is 0 Å². The summed E-state index contributed by atoms with van der Waals surface area (Å²) in [6, 6.07) is 19.8. The number of rotatable bonds is 7. The number of halogens is 2. The Morgan fingerprint density at radius 3 is 2.40 bits per heavy atom. The van der Waals surface area contributed by atoms with E-state index in [0.29, 0.717) is 11.3 Å². The molecule has 4 aromatic rings. The summed E-state index contributed by atoms with van der Waals surface area (Å²) in [5, 5.41) is 13.9. The lowest BCUT2D eigenvalue weighted by molar-refractivity contribution is -0.125. The third-order valence-electron chi connectivity index (χ3n) is 5.22. The van der Waals surface area contributed by atoms with Crippen molar-refractivity contribution in [3.8, 4) is 5.69 Å². The van der Waals surface area contributed by atoms with Crippen molar-refractivity contribution >= 4 is 35.2 Å². The first-order valence-electron chi connectivity index (χ1n) is 10.5. The van der Waals surface area contributed by atoms with Gasteiger partial charge in [0, 0.05) is 24.4 Å². The number of tetrazole rings is 1. The van der Waals surface area contributed by atoms with Gasteiger partial charge in [0.1, 0.15) is 6.04 Å². The van der Waals surface area contributed by atoms with Crippen LogP contribution in [-0.4, -0.2) is 39.1 Å². The third kappa shape index (κ3) is 5.42. The number of likely N-dealkylation sites (N-methyl/N-ethyl adjacent to an activating group) is 1. The Labute approximate surface area is 205 Å².